The number of aliphatic hydroxyl groups is 2. The van der Waals surface area contributed by atoms with E-state index in [1.807, 2.05) is 18.3 Å². The first-order chi connectivity index (χ1) is 19.4. The lowest BCUT2D eigenvalue weighted by molar-refractivity contribution is 0.0341. The first-order valence-corrected chi connectivity index (χ1v) is 14.4. The van der Waals surface area contributed by atoms with Gasteiger partial charge in [-0.05, 0) is 48.4 Å². The van der Waals surface area contributed by atoms with Crippen LogP contribution >= 0.6 is 23.8 Å². The third-order valence-electron chi connectivity index (χ3n) is 7.24. The number of pyridine rings is 1. The normalized spacial score (nSPS) is 17.9. The molecule has 3 aromatic rings. The molecule has 0 aliphatic carbocycles. The molecular weight excluding hydrogens is 552 g/mol. The molecule has 5 rings (SSSR count). The molecule has 4 N–H and O–H groups in total. The van der Waals surface area contributed by atoms with Crippen molar-refractivity contribution in [2.24, 2.45) is 0 Å². The molecule has 3 heterocycles. The van der Waals surface area contributed by atoms with Crippen molar-refractivity contribution in [2.45, 2.75) is 38.3 Å². The average molecular weight is 587 g/mol. The van der Waals surface area contributed by atoms with Gasteiger partial charge in [-0.2, -0.15) is 0 Å². The van der Waals surface area contributed by atoms with Crippen molar-refractivity contribution in [3.05, 3.63) is 68.8 Å². The molecule has 1 amide bonds. The summed E-state index contributed by atoms with van der Waals surface area (Å²) in [6.45, 7) is 5.44. The molecule has 2 aromatic carbocycles. The average Bonchev–Trinajstić information content (AvgIpc) is 2.96. The van der Waals surface area contributed by atoms with Crippen LogP contribution in [0.25, 0.3) is 10.9 Å². The zero-order valence-corrected chi connectivity index (χ0v) is 23.8. The molecule has 2 aliphatic heterocycles. The van der Waals surface area contributed by atoms with Gasteiger partial charge in [-0.3, -0.25) is 9.69 Å². The van der Waals surface area contributed by atoms with Gasteiger partial charge in [0, 0.05) is 49.3 Å². The molecule has 0 saturated carbocycles. The molecule has 2 atom stereocenters. The lowest BCUT2D eigenvalue weighted by Gasteiger charge is -2.31. The van der Waals surface area contributed by atoms with E-state index in [4.69, 9.17) is 38.4 Å². The van der Waals surface area contributed by atoms with Crippen molar-refractivity contribution in [1.82, 2.24) is 20.1 Å². The summed E-state index contributed by atoms with van der Waals surface area (Å²) in [7, 11) is 0. The van der Waals surface area contributed by atoms with E-state index < -0.39 is 6.10 Å². The van der Waals surface area contributed by atoms with E-state index in [1.165, 1.54) is 0 Å². The Morgan fingerprint density at radius 3 is 2.70 bits per heavy atom. The highest BCUT2D eigenvalue weighted by Crippen LogP contribution is 2.35. The van der Waals surface area contributed by atoms with Crippen LogP contribution in [0.4, 0.5) is 0 Å². The van der Waals surface area contributed by atoms with Crippen LogP contribution in [0.15, 0.2) is 42.6 Å². The molecule has 1 aromatic heterocycles. The second-order valence-corrected chi connectivity index (χ2v) is 11.1. The summed E-state index contributed by atoms with van der Waals surface area (Å²) in [6, 6.07) is 11.5. The summed E-state index contributed by atoms with van der Waals surface area (Å²) in [6.07, 6.45) is 1.59. The Labute approximate surface area is 243 Å². The van der Waals surface area contributed by atoms with Crippen LogP contribution in [-0.2, 0) is 24.4 Å². The number of amides is 1. The largest absolute Gasteiger partial charge is 0.486 e. The fourth-order valence-electron chi connectivity index (χ4n) is 5.13. The van der Waals surface area contributed by atoms with E-state index in [2.05, 4.69) is 32.2 Å². The number of morpholine rings is 1. The van der Waals surface area contributed by atoms with E-state index in [0.29, 0.717) is 60.9 Å². The van der Waals surface area contributed by atoms with Gasteiger partial charge < -0.3 is 34.9 Å². The quantitative estimate of drug-likeness (QED) is 0.201. The third-order valence-corrected chi connectivity index (χ3v) is 7.94. The Bertz CT molecular complexity index is 1390. The van der Waals surface area contributed by atoms with E-state index in [1.54, 1.807) is 12.1 Å². The first-order valence-electron chi connectivity index (χ1n) is 13.6. The molecule has 1 fully saturated rings. The smallest absolute Gasteiger partial charge is 0.254 e. The monoisotopic (exact) mass is 586 g/mol. The maximum atomic E-state index is 13.4. The van der Waals surface area contributed by atoms with Crippen LogP contribution in [0, 0.1) is 4.51 Å². The highest BCUT2D eigenvalue weighted by molar-refractivity contribution is 7.71. The number of nitrogens with zero attached hydrogens (tertiary/aromatic N) is 2. The Morgan fingerprint density at radius 2 is 1.95 bits per heavy atom. The third kappa shape index (κ3) is 7.01. The Balaban J connectivity index is 1.42. The summed E-state index contributed by atoms with van der Waals surface area (Å²) in [5, 5.41) is 26.3. The topological polar surface area (TPSA) is 108 Å². The lowest BCUT2D eigenvalue weighted by atomic mass is 10.0. The minimum atomic E-state index is -0.793. The number of carbonyl (C=O) groups excluding carboxylic acids is 1. The fourth-order valence-corrected chi connectivity index (χ4v) is 5.55. The maximum Gasteiger partial charge on any atom is 0.254 e. The number of hydrogen-bond acceptors (Lipinski definition) is 8. The van der Waals surface area contributed by atoms with Crippen molar-refractivity contribution >= 4 is 40.6 Å². The van der Waals surface area contributed by atoms with Crippen molar-refractivity contribution in [2.75, 3.05) is 46.0 Å². The van der Waals surface area contributed by atoms with Gasteiger partial charge in [-0.15, -0.1) is 0 Å². The van der Waals surface area contributed by atoms with Gasteiger partial charge in [0.25, 0.3) is 5.91 Å². The molecule has 40 heavy (non-hydrogen) atoms. The van der Waals surface area contributed by atoms with Crippen LogP contribution in [-0.4, -0.2) is 83.8 Å². The Morgan fingerprint density at radius 1 is 1.18 bits per heavy atom. The van der Waals surface area contributed by atoms with Crippen molar-refractivity contribution < 1.29 is 24.5 Å². The number of rotatable bonds is 11. The van der Waals surface area contributed by atoms with Gasteiger partial charge in [0.15, 0.2) is 0 Å². The van der Waals surface area contributed by atoms with Gasteiger partial charge in [0.1, 0.15) is 11.9 Å². The molecule has 2 aliphatic rings. The van der Waals surface area contributed by atoms with Crippen LogP contribution in [0.3, 0.4) is 0 Å². The number of halogens is 1. The van der Waals surface area contributed by atoms with E-state index >= 15 is 0 Å². The molecule has 11 heteroatoms. The van der Waals surface area contributed by atoms with E-state index in [-0.39, 0.29) is 18.6 Å². The Hall–Kier alpha value is -2.57. The minimum Gasteiger partial charge on any atom is -0.486 e. The van der Waals surface area contributed by atoms with Crippen LogP contribution < -0.4 is 15.4 Å². The predicted octanol–water partition coefficient (Wildman–Crippen LogP) is 2.88. The summed E-state index contributed by atoms with van der Waals surface area (Å²) in [4.78, 5) is 15.7. The molecule has 0 bridgehead atoms. The van der Waals surface area contributed by atoms with Crippen LogP contribution in [0.1, 0.15) is 27.9 Å². The lowest BCUT2D eigenvalue weighted by Crippen LogP contribution is -2.36. The highest BCUT2D eigenvalue weighted by Gasteiger charge is 2.25. The number of hydrogen-bond donors (Lipinski definition) is 4. The zero-order valence-electron chi connectivity index (χ0n) is 22.3. The molecule has 0 radical (unpaired) electrons. The summed E-state index contributed by atoms with van der Waals surface area (Å²) in [5.74, 6) is 0.528. The highest BCUT2D eigenvalue weighted by atomic mass is 35.5. The molecule has 1 saturated heterocycles. The van der Waals surface area contributed by atoms with Crippen molar-refractivity contribution in [1.29, 1.82) is 0 Å². The summed E-state index contributed by atoms with van der Waals surface area (Å²) < 4.78 is 14.6. The number of carbonyl (C=O) groups is 1. The maximum absolute atomic E-state index is 13.4. The molecular formula is C29H35ClN4O5S. The number of aliphatic hydroxyl groups excluding tert-OH is 2. The second kappa shape index (κ2) is 13.4. The van der Waals surface area contributed by atoms with Crippen molar-refractivity contribution in [3.63, 3.8) is 0 Å². The standard InChI is InChI=1S/C29H35ClN4O5S/c30-21-3-1-19(2-4-21)13-32-29(37)25-17-34-16-23(5-6-31-14-22(36)18-35)39-26-12-20(11-24(27(26)34)28(25)40)15-33-7-9-38-10-8-33/h1-4,11-12,17,22-23,31,35-36H,5-10,13-16,18H2,(H,32,37). The fraction of sp³-hybridized carbons (Fsp3) is 0.448. The summed E-state index contributed by atoms with van der Waals surface area (Å²) in [5.41, 5.74) is 3.37. The Kier molecular flexibility index (Phi) is 9.69. The first kappa shape index (κ1) is 28.9. The van der Waals surface area contributed by atoms with Crippen LogP contribution in [0.5, 0.6) is 5.75 Å². The zero-order chi connectivity index (χ0) is 28.1. The molecule has 9 nitrogen and oxygen atoms in total. The van der Waals surface area contributed by atoms with Gasteiger partial charge in [-0.1, -0.05) is 36.0 Å². The van der Waals surface area contributed by atoms with E-state index in [9.17, 15) is 9.90 Å². The van der Waals surface area contributed by atoms with Gasteiger partial charge >= 0.3 is 0 Å². The predicted molar refractivity (Wildman–Crippen MR) is 156 cm³/mol. The number of ether oxygens (including phenoxy) is 2. The van der Waals surface area contributed by atoms with Gasteiger partial charge in [0.05, 0.1) is 48.1 Å². The summed E-state index contributed by atoms with van der Waals surface area (Å²) >= 11 is 11.9. The number of nitrogens with one attached hydrogen (secondary N) is 2. The number of benzene rings is 2. The number of aromatic nitrogens is 1. The van der Waals surface area contributed by atoms with Gasteiger partial charge in [0.2, 0.25) is 0 Å². The van der Waals surface area contributed by atoms with Crippen LogP contribution in [0.2, 0.25) is 5.02 Å². The second-order valence-electron chi connectivity index (χ2n) is 10.3. The molecule has 0 spiro atoms. The SMILES string of the molecule is O=C(NCc1ccc(Cl)cc1)c1cn2c3c(cc(CN4CCOCC4)cc3c1=S)OC(CCNCC(O)CO)C2. The van der Waals surface area contributed by atoms with Gasteiger partial charge in [-0.25, -0.2) is 0 Å². The van der Waals surface area contributed by atoms with E-state index in [0.717, 1.165) is 47.4 Å². The molecule has 214 valence electrons. The van der Waals surface area contributed by atoms with Crippen molar-refractivity contribution in [3.8, 4) is 5.75 Å². The molecule has 2 unspecified atom stereocenters. The minimum absolute atomic E-state index is 0.140.